The molecule has 0 radical (unpaired) electrons. The zero-order valence-corrected chi connectivity index (χ0v) is 16.9. The topological polar surface area (TPSA) is 113 Å². The van der Waals surface area contributed by atoms with Gasteiger partial charge in [0.2, 0.25) is 10.0 Å². The van der Waals surface area contributed by atoms with Gasteiger partial charge in [-0.1, -0.05) is 0 Å². The number of piperazine rings is 1. The predicted octanol–water partition coefficient (Wildman–Crippen LogP) is 0.234. The monoisotopic (exact) mass is 415 g/mol. The molecule has 3 heterocycles. The molecule has 10 nitrogen and oxygen atoms in total. The van der Waals surface area contributed by atoms with Crippen LogP contribution in [0.1, 0.15) is 10.4 Å². The minimum Gasteiger partial charge on any atom is -0.352 e. The highest BCUT2D eigenvalue weighted by Crippen LogP contribution is 2.23. The molecule has 0 aliphatic carbocycles. The van der Waals surface area contributed by atoms with Gasteiger partial charge >= 0.3 is 0 Å². The molecule has 0 atom stereocenters. The van der Waals surface area contributed by atoms with Crippen LogP contribution in [0.4, 0.5) is 5.82 Å². The molecule has 1 saturated heterocycles. The summed E-state index contributed by atoms with van der Waals surface area (Å²) in [4.78, 5) is 25.5. The van der Waals surface area contributed by atoms with Crippen LogP contribution in [-0.2, 0) is 17.1 Å². The molecule has 3 aromatic rings. The number of sulfonamides is 1. The van der Waals surface area contributed by atoms with Gasteiger partial charge in [0.05, 0.1) is 16.5 Å². The lowest BCUT2D eigenvalue weighted by atomic mass is 10.2. The Bertz CT molecular complexity index is 1150. The smallest absolute Gasteiger partial charge is 0.253 e. The normalized spacial score (nSPS) is 15.1. The number of amides is 1. The summed E-state index contributed by atoms with van der Waals surface area (Å²) < 4.78 is 27.6. The van der Waals surface area contributed by atoms with Gasteiger partial charge < -0.3 is 9.80 Å². The van der Waals surface area contributed by atoms with Crippen LogP contribution < -0.4 is 9.62 Å². The zero-order valence-electron chi connectivity index (χ0n) is 16.1. The third-order valence-corrected chi connectivity index (χ3v) is 6.49. The molecule has 29 heavy (non-hydrogen) atoms. The standard InChI is InChI=1S/C18H21N7O3S/c1-19-29(27,28)14-5-3-13(4-6-14)18(26)25-9-7-24(8-10-25)17-15-11-22-23(2)16(15)20-12-21-17/h3-6,11-12,19H,7-10H2,1-2H3. The summed E-state index contributed by atoms with van der Waals surface area (Å²) in [5, 5.41) is 5.13. The van der Waals surface area contributed by atoms with Crippen molar-refractivity contribution in [3.05, 3.63) is 42.4 Å². The van der Waals surface area contributed by atoms with Crippen molar-refractivity contribution in [2.45, 2.75) is 4.90 Å². The van der Waals surface area contributed by atoms with E-state index in [1.165, 1.54) is 25.5 Å². The van der Waals surface area contributed by atoms with E-state index < -0.39 is 10.0 Å². The van der Waals surface area contributed by atoms with Gasteiger partial charge in [0.25, 0.3) is 5.91 Å². The first-order chi connectivity index (χ1) is 13.9. The number of fused-ring (bicyclic) bond motifs is 1. The summed E-state index contributed by atoms with van der Waals surface area (Å²) in [6.07, 6.45) is 3.28. The molecule has 2 aromatic heterocycles. The van der Waals surface area contributed by atoms with Crippen LogP contribution >= 0.6 is 0 Å². The molecule has 0 bridgehead atoms. The second kappa shape index (κ2) is 7.41. The van der Waals surface area contributed by atoms with E-state index in [4.69, 9.17) is 0 Å². The van der Waals surface area contributed by atoms with Crippen molar-refractivity contribution in [3.8, 4) is 0 Å². The van der Waals surface area contributed by atoms with Gasteiger partial charge in [-0.15, -0.1) is 0 Å². The summed E-state index contributed by atoms with van der Waals surface area (Å²) in [5.74, 6) is 0.698. The highest BCUT2D eigenvalue weighted by molar-refractivity contribution is 7.89. The van der Waals surface area contributed by atoms with Crippen LogP contribution in [0.15, 0.2) is 41.7 Å². The number of aryl methyl sites for hydroxylation is 1. The number of hydrogen-bond donors (Lipinski definition) is 1. The molecular formula is C18H21N7O3S. The van der Waals surface area contributed by atoms with E-state index in [9.17, 15) is 13.2 Å². The highest BCUT2D eigenvalue weighted by Gasteiger charge is 2.25. The van der Waals surface area contributed by atoms with Crippen LogP contribution in [-0.4, -0.2) is 72.2 Å². The number of benzene rings is 1. The Kier molecular flexibility index (Phi) is 4.92. The Balaban J connectivity index is 1.46. The highest BCUT2D eigenvalue weighted by atomic mass is 32.2. The van der Waals surface area contributed by atoms with Crippen LogP contribution in [0.5, 0.6) is 0 Å². The first kappa shape index (κ1) is 19.3. The average molecular weight is 415 g/mol. The van der Waals surface area contributed by atoms with Gasteiger partial charge in [-0.3, -0.25) is 9.48 Å². The first-order valence-corrected chi connectivity index (χ1v) is 10.6. The Morgan fingerprint density at radius 1 is 1.07 bits per heavy atom. The van der Waals surface area contributed by atoms with Gasteiger partial charge in [-0.2, -0.15) is 5.10 Å². The van der Waals surface area contributed by atoms with Crippen LogP contribution in [0, 0.1) is 0 Å². The van der Waals surface area contributed by atoms with Gasteiger partial charge in [0, 0.05) is 38.8 Å². The summed E-state index contributed by atoms with van der Waals surface area (Å²) in [5.41, 5.74) is 1.23. The van der Waals surface area contributed by atoms with Crippen molar-refractivity contribution in [1.29, 1.82) is 0 Å². The molecule has 1 fully saturated rings. The fraction of sp³-hybridized carbons (Fsp3) is 0.333. The van der Waals surface area contributed by atoms with E-state index >= 15 is 0 Å². The SMILES string of the molecule is CNS(=O)(=O)c1ccc(C(=O)N2CCN(c3ncnc4c3cnn4C)CC2)cc1. The summed E-state index contributed by atoms with van der Waals surface area (Å²) in [6.45, 7) is 2.36. The number of anilines is 1. The molecular weight excluding hydrogens is 394 g/mol. The molecule has 0 saturated carbocycles. The molecule has 4 rings (SSSR count). The first-order valence-electron chi connectivity index (χ1n) is 9.11. The largest absolute Gasteiger partial charge is 0.352 e. The minimum absolute atomic E-state index is 0.118. The zero-order chi connectivity index (χ0) is 20.6. The van der Waals surface area contributed by atoms with Crippen molar-refractivity contribution >= 4 is 32.8 Å². The third kappa shape index (κ3) is 3.54. The molecule has 11 heteroatoms. The second-order valence-corrected chi connectivity index (χ2v) is 8.60. The van der Waals surface area contributed by atoms with Gasteiger partial charge in [-0.05, 0) is 31.3 Å². The maximum Gasteiger partial charge on any atom is 0.253 e. The Morgan fingerprint density at radius 3 is 2.41 bits per heavy atom. The molecule has 0 spiro atoms. The van der Waals surface area contributed by atoms with E-state index in [0.717, 1.165) is 16.9 Å². The lowest BCUT2D eigenvalue weighted by Crippen LogP contribution is -2.49. The summed E-state index contributed by atoms with van der Waals surface area (Å²) in [7, 11) is -0.332. The number of aromatic nitrogens is 4. The molecule has 1 aliphatic rings. The summed E-state index contributed by atoms with van der Waals surface area (Å²) in [6, 6.07) is 5.97. The number of nitrogens with zero attached hydrogens (tertiary/aromatic N) is 6. The maximum absolute atomic E-state index is 12.8. The van der Waals surface area contributed by atoms with Gasteiger partial charge in [0.15, 0.2) is 5.65 Å². The van der Waals surface area contributed by atoms with Crippen molar-refractivity contribution in [2.24, 2.45) is 7.05 Å². The Hall–Kier alpha value is -3.05. The maximum atomic E-state index is 12.8. The Labute approximate surface area is 168 Å². The van der Waals surface area contributed by atoms with Crippen LogP contribution in [0.3, 0.4) is 0 Å². The van der Waals surface area contributed by atoms with E-state index in [1.807, 2.05) is 7.05 Å². The Morgan fingerprint density at radius 2 is 1.76 bits per heavy atom. The third-order valence-electron chi connectivity index (χ3n) is 5.06. The molecule has 1 aromatic carbocycles. The average Bonchev–Trinajstić information content (AvgIpc) is 3.14. The number of rotatable bonds is 4. The summed E-state index contributed by atoms with van der Waals surface area (Å²) >= 11 is 0. The van der Waals surface area contributed by atoms with Gasteiger partial charge in [-0.25, -0.2) is 23.1 Å². The van der Waals surface area contributed by atoms with Crippen LogP contribution in [0.25, 0.3) is 11.0 Å². The fourth-order valence-corrected chi connectivity index (χ4v) is 4.13. The van der Waals surface area contributed by atoms with E-state index in [0.29, 0.717) is 31.7 Å². The number of nitrogens with one attached hydrogen (secondary N) is 1. The quantitative estimate of drug-likeness (QED) is 0.649. The molecule has 1 N–H and O–H groups in total. The lowest BCUT2D eigenvalue weighted by Gasteiger charge is -2.35. The molecule has 0 unspecified atom stereocenters. The van der Waals surface area contributed by atoms with Crippen LogP contribution in [0.2, 0.25) is 0 Å². The van der Waals surface area contributed by atoms with Gasteiger partial charge in [0.1, 0.15) is 12.1 Å². The van der Waals surface area contributed by atoms with E-state index in [1.54, 1.807) is 27.9 Å². The minimum atomic E-state index is -3.52. The number of carbonyl (C=O) groups excluding carboxylic acids is 1. The van der Waals surface area contributed by atoms with Crippen molar-refractivity contribution in [1.82, 2.24) is 29.4 Å². The van der Waals surface area contributed by atoms with Crippen molar-refractivity contribution < 1.29 is 13.2 Å². The van der Waals surface area contributed by atoms with E-state index in [-0.39, 0.29) is 10.8 Å². The molecule has 1 aliphatic heterocycles. The number of hydrogen-bond acceptors (Lipinski definition) is 7. The molecule has 1 amide bonds. The van der Waals surface area contributed by atoms with Crippen molar-refractivity contribution in [2.75, 3.05) is 38.1 Å². The number of carbonyl (C=O) groups is 1. The van der Waals surface area contributed by atoms with E-state index in [2.05, 4.69) is 24.7 Å². The van der Waals surface area contributed by atoms with Crippen molar-refractivity contribution in [3.63, 3.8) is 0 Å². The fourth-order valence-electron chi connectivity index (χ4n) is 3.40. The predicted molar refractivity (Wildman–Crippen MR) is 107 cm³/mol. The molecule has 152 valence electrons. The lowest BCUT2D eigenvalue weighted by molar-refractivity contribution is 0.0746. The second-order valence-electron chi connectivity index (χ2n) is 6.71.